The first-order valence-corrected chi connectivity index (χ1v) is 7.74. The lowest BCUT2D eigenvalue weighted by Gasteiger charge is -2.06. The van der Waals surface area contributed by atoms with Crippen LogP contribution in [0.2, 0.25) is 0 Å². The molecular weight excluding hydrogens is 336 g/mol. The van der Waals surface area contributed by atoms with Crippen molar-refractivity contribution in [1.82, 2.24) is 15.0 Å². The summed E-state index contributed by atoms with van der Waals surface area (Å²) in [6, 6.07) is 5.72. The van der Waals surface area contributed by atoms with Crippen molar-refractivity contribution in [3.8, 4) is 17.0 Å². The number of thiophene rings is 1. The fourth-order valence-electron chi connectivity index (χ4n) is 2.61. The van der Waals surface area contributed by atoms with Crippen molar-refractivity contribution in [2.24, 2.45) is 0 Å². The first kappa shape index (κ1) is 14.7. The van der Waals surface area contributed by atoms with Gasteiger partial charge in [0.2, 0.25) is 0 Å². The van der Waals surface area contributed by atoms with Crippen LogP contribution >= 0.6 is 11.3 Å². The number of aromatic amines is 1. The minimum atomic E-state index is -2.76. The number of nitrogens with zero attached hydrogens (tertiary/aromatic N) is 2. The van der Waals surface area contributed by atoms with Crippen molar-refractivity contribution >= 4 is 31.8 Å². The second-order valence-corrected chi connectivity index (χ2v) is 6.14. The number of nitrogens with one attached hydrogen (secondary N) is 1. The van der Waals surface area contributed by atoms with Crippen molar-refractivity contribution in [2.75, 3.05) is 0 Å². The van der Waals surface area contributed by atoms with Crippen LogP contribution in [0, 0.1) is 0 Å². The number of rotatable bonds is 2. The maximum atomic E-state index is 13.6. The molecule has 120 valence electrons. The van der Waals surface area contributed by atoms with Gasteiger partial charge in [-0.15, -0.1) is 11.3 Å². The highest BCUT2D eigenvalue weighted by Gasteiger charge is 2.21. The Hall–Kier alpha value is -2.87. The van der Waals surface area contributed by atoms with E-state index < -0.39 is 12.0 Å². The van der Waals surface area contributed by atoms with E-state index in [2.05, 4.69) is 15.0 Å². The third-order valence-corrected chi connectivity index (χ3v) is 4.74. The predicted molar refractivity (Wildman–Crippen MR) is 87.6 cm³/mol. The smallest absolute Gasteiger partial charge is 0.264 e. The molecule has 4 aromatic heterocycles. The summed E-state index contributed by atoms with van der Waals surface area (Å²) in [5.41, 5.74) is 0.346. The third-order valence-electron chi connectivity index (χ3n) is 3.63. The van der Waals surface area contributed by atoms with Crippen LogP contribution in [0.5, 0.6) is 5.75 Å². The van der Waals surface area contributed by atoms with E-state index in [0.29, 0.717) is 20.8 Å². The number of alkyl halides is 2. The highest BCUT2D eigenvalue weighted by atomic mass is 32.1. The molecule has 0 saturated carbocycles. The Bertz CT molecular complexity index is 1120. The molecule has 0 fully saturated rings. The van der Waals surface area contributed by atoms with Crippen LogP contribution < -0.4 is 5.56 Å². The molecule has 24 heavy (non-hydrogen) atoms. The van der Waals surface area contributed by atoms with Crippen LogP contribution in [0.4, 0.5) is 8.78 Å². The Morgan fingerprint density at radius 1 is 1.29 bits per heavy atom. The van der Waals surface area contributed by atoms with E-state index in [1.54, 1.807) is 18.3 Å². The molecule has 0 aliphatic heterocycles. The van der Waals surface area contributed by atoms with E-state index in [1.165, 1.54) is 12.3 Å². The number of aromatic hydroxyl groups is 1. The molecule has 0 aliphatic carbocycles. The van der Waals surface area contributed by atoms with E-state index in [4.69, 9.17) is 0 Å². The number of pyridine rings is 3. The number of hydrogen-bond acceptors (Lipinski definition) is 5. The molecule has 0 aromatic carbocycles. The molecule has 5 nitrogen and oxygen atoms in total. The molecule has 2 N–H and O–H groups in total. The Morgan fingerprint density at radius 3 is 2.83 bits per heavy atom. The van der Waals surface area contributed by atoms with E-state index in [0.717, 1.165) is 17.4 Å². The molecule has 0 radical (unpaired) electrons. The quantitative estimate of drug-likeness (QED) is 0.578. The fourth-order valence-corrected chi connectivity index (χ4v) is 3.69. The van der Waals surface area contributed by atoms with Crippen LogP contribution in [0.1, 0.15) is 12.0 Å². The summed E-state index contributed by atoms with van der Waals surface area (Å²) in [4.78, 5) is 22.8. The summed E-state index contributed by atoms with van der Waals surface area (Å²) in [7, 11) is 0. The number of hydrogen-bond donors (Lipinski definition) is 2. The lowest BCUT2D eigenvalue weighted by molar-refractivity contribution is 0.153. The standard InChI is InChI=1S/C16H9F2N3O2S/c17-15(18)8-4-9(7-2-1-3-19-6-7)20-16-12(8)13-14(24-16)10(22)5-11(23)21-13/h1-6,15H,(H2,21,22,23). The highest BCUT2D eigenvalue weighted by molar-refractivity contribution is 7.25. The minimum absolute atomic E-state index is 0.158. The molecule has 4 aromatic rings. The lowest BCUT2D eigenvalue weighted by Crippen LogP contribution is -2.02. The summed E-state index contributed by atoms with van der Waals surface area (Å²) in [6.07, 6.45) is 0.364. The summed E-state index contributed by atoms with van der Waals surface area (Å²) in [5, 5.41) is 10.1. The Morgan fingerprint density at radius 2 is 2.12 bits per heavy atom. The number of H-pyrrole nitrogens is 1. The van der Waals surface area contributed by atoms with Gasteiger partial charge in [0.05, 0.1) is 15.9 Å². The van der Waals surface area contributed by atoms with Gasteiger partial charge in [-0.05, 0) is 18.2 Å². The molecule has 0 saturated heterocycles. The first-order valence-electron chi connectivity index (χ1n) is 6.92. The van der Waals surface area contributed by atoms with Crippen molar-refractivity contribution in [1.29, 1.82) is 0 Å². The van der Waals surface area contributed by atoms with Gasteiger partial charge < -0.3 is 10.1 Å². The van der Waals surface area contributed by atoms with Crippen molar-refractivity contribution in [3.63, 3.8) is 0 Å². The van der Waals surface area contributed by atoms with Gasteiger partial charge in [0, 0.05) is 35.0 Å². The molecule has 0 atom stereocenters. The van der Waals surface area contributed by atoms with Crippen molar-refractivity contribution in [3.05, 3.63) is 52.6 Å². The van der Waals surface area contributed by atoms with E-state index in [1.807, 2.05) is 0 Å². The van der Waals surface area contributed by atoms with Crippen molar-refractivity contribution < 1.29 is 13.9 Å². The van der Waals surface area contributed by atoms with E-state index in [-0.39, 0.29) is 22.2 Å². The van der Waals surface area contributed by atoms with Gasteiger partial charge in [0.25, 0.3) is 12.0 Å². The molecule has 4 heterocycles. The SMILES string of the molecule is O=c1cc(O)c2sc3nc(-c4cccnc4)cc(C(F)F)c3c2[nH]1. The van der Waals surface area contributed by atoms with Crippen LogP contribution in [-0.4, -0.2) is 20.1 Å². The zero-order chi connectivity index (χ0) is 16.8. The maximum Gasteiger partial charge on any atom is 0.264 e. The normalized spacial score (nSPS) is 11.6. The zero-order valence-electron chi connectivity index (χ0n) is 12.0. The van der Waals surface area contributed by atoms with Gasteiger partial charge in [-0.1, -0.05) is 0 Å². The second kappa shape index (κ2) is 5.34. The van der Waals surface area contributed by atoms with Gasteiger partial charge in [0.1, 0.15) is 10.6 Å². The third kappa shape index (κ3) is 2.23. The van der Waals surface area contributed by atoms with Gasteiger partial charge in [-0.2, -0.15) is 0 Å². The van der Waals surface area contributed by atoms with E-state index >= 15 is 0 Å². The Kier molecular flexibility index (Phi) is 3.27. The van der Waals surface area contributed by atoms with Crippen LogP contribution in [0.25, 0.3) is 31.7 Å². The molecular formula is C16H9F2N3O2S. The molecule has 0 aliphatic rings. The number of aromatic nitrogens is 3. The summed E-state index contributed by atoms with van der Waals surface area (Å²) < 4.78 is 27.5. The molecule has 0 unspecified atom stereocenters. The minimum Gasteiger partial charge on any atom is -0.506 e. The first-order chi connectivity index (χ1) is 11.5. The van der Waals surface area contributed by atoms with Gasteiger partial charge in [-0.3, -0.25) is 9.78 Å². The molecule has 0 bridgehead atoms. The summed E-state index contributed by atoms with van der Waals surface area (Å²) >= 11 is 1.05. The highest BCUT2D eigenvalue weighted by Crippen LogP contribution is 2.41. The average Bonchev–Trinajstić information content (AvgIpc) is 2.93. The largest absolute Gasteiger partial charge is 0.506 e. The maximum absolute atomic E-state index is 13.6. The van der Waals surface area contributed by atoms with E-state index in [9.17, 15) is 18.7 Å². The van der Waals surface area contributed by atoms with Crippen LogP contribution in [0.3, 0.4) is 0 Å². The topological polar surface area (TPSA) is 78.9 Å². The second-order valence-electron chi connectivity index (χ2n) is 5.14. The predicted octanol–water partition coefficient (Wildman–Crippen LogP) is 3.84. The Balaban J connectivity index is 2.14. The Labute approximate surface area is 137 Å². The lowest BCUT2D eigenvalue weighted by atomic mass is 10.1. The van der Waals surface area contributed by atoms with Gasteiger partial charge in [-0.25, -0.2) is 13.8 Å². The summed E-state index contributed by atoms with van der Waals surface area (Å²) in [6.45, 7) is 0. The zero-order valence-corrected chi connectivity index (χ0v) is 12.8. The van der Waals surface area contributed by atoms with Gasteiger partial charge in [0.15, 0.2) is 0 Å². The average molecular weight is 345 g/mol. The fraction of sp³-hybridized carbons (Fsp3) is 0.0625. The summed E-state index contributed by atoms with van der Waals surface area (Å²) in [5.74, 6) is -0.250. The van der Waals surface area contributed by atoms with Crippen molar-refractivity contribution in [2.45, 2.75) is 6.43 Å². The van der Waals surface area contributed by atoms with Gasteiger partial charge >= 0.3 is 0 Å². The molecule has 4 rings (SSSR count). The van der Waals surface area contributed by atoms with Crippen LogP contribution in [0.15, 0.2) is 41.5 Å². The monoisotopic (exact) mass is 345 g/mol. The number of fused-ring (bicyclic) bond motifs is 3. The number of halogens is 2. The van der Waals surface area contributed by atoms with Crippen LogP contribution in [-0.2, 0) is 0 Å². The molecule has 8 heteroatoms. The molecule has 0 amide bonds. The molecule has 0 spiro atoms.